The molecule has 2 heterocycles. The maximum atomic E-state index is 13.7. The molecule has 1 aromatic heterocycles. The van der Waals surface area contributed by atoms with Crippen LogP contribution in [0.5, 0.6) is 5.88 Å². The van der Waals surface area contributed by atoms with E-state index in [2.05, 4.69) is 10.3 Å². The molecule has 29 heavy (non-hydrogen) atoms. The average Bonchev–Trinajstić information content (AvgIpc) is 2.68. The van der Waals surface area contributed by atoms with Gasteiger partial charge in [-0.05, 0) is 44.1 Å². The Labute approximate surface area is 169 Å². The van der Waals surface area contributed by atoms with E-state index >= 15 is 0 Å². The molecule has 0 atom stereocenters. The topological polar surface area (TPSA) is 71.5 Å². The fourth-order valence-corrected chi connectivity index (χ4v) is 2.81. The summed E-state index contributed by atoms with van der Waals surface area (Å²) in [6.45, 7) is 2.19. The molecule has 1 aliphatic heterocycles. The minimum atomic E-state index is -5.08. The highest BCUT2D eigenvalue weighted by molar-refractivity contribution is 6.30. The van der Waals surface area contributed by atoms with Crippen molar-refractivity contribution < 1.29 is 32.2 Å². The van der Waals surface area contributed by atoms with Crippen molar-refractivity contribution in [2.45, 2.75) is 31.5 Å². The number of carboxylic acids is 1. The molecule has 10 heteroatoms. The highest BCUT2D eigenvalue weighted by atomic mass is 35.5. The van der Waals surface area contributed by atoms with Gasteiger partial charge in [0.2, 0.25) is 5.88 Å². The van der Waals surface area contributed by atoms with Gasteiger partial charge in [-0.2, -0.15) is 13.2 Å². The number of piperidine rings is 1. The van der Waals surface area contributed by atoms with Crippen molar-refractivity contribution >= 4 is 17.6 Å². The van der Waals surface area contributed by atoms with Gasteiger partial charge >= 0.3 is 12.1 Å². The summed E-state index contributed by atoms with van der Waals surface area (Å²) < 4.78 is 51.1. The second kappa shape index (κ2) is 10.4. The summed E-state index contributed by atoms with van der Waals surface area (Å²) in [7, 11) is 0. The van der Waals surface area contributed by atoms with Crippen LogP contribution in [-0.2, 0) is 11.4 Å². The first-order valence-electron chi connectivity index (χ1n) is 8.71. The van der Waals surface area contributed by atoms with Crippen LogP contribution in [0.1, 0.15) is 30.0 Å². The van der Waals surface area contributed by atoms with Crippen LogP contribution in [0.3, 0.4) is 0 Å². The molecule has 5 nitrogen and oxygen atoms in total. The number of carboxylic acid groups (broad SMARTS) is 1. The molecular formula is C19H19ClF4N2O3. The summed E-state index contributed by atoms with van der Waals surface area (Å²) in [5, 5.41) is 10.9. The van der Waals surface area contributed by atoms with Crippen LogP contribution in [0.2, 0.25) is 5.02 Å². The van der Waals surface area contributed by atoms with Crippen LogP contribution < -0.4 is 10.1 Å². The number of halogens is 5. The SMILES string of the molecule is Fc1cc(Cl)ccc1COc1cccc(C2CCNCC2)n1.O=C(O)C(F)(F)F. The van der Waals surface area contributed by atoms with Crippen molar-refractivity contribution in [2.75, 3.05) is 13.1 Å². The van der Waals surface area contributed by atoms with Crippen LogP contribution in [0.25, 0.3) is 0 Å². The number of hydrogen-bond acceptors (Lipinski definition) is 4. The highest BCUT2D eigenvalue weighted by Gasteiger charge is 2.38. The van der Waals surface area contributed by atoms with Crippen molar-refractivity contribution in [1.29, 1.82) is 0 Å². The zero-order valence-corrected chi connectivity index (χ0v) is 15.9. The van der Waals surface area contributed by atoms with E-state index < -0.39 is 12.1 Å². The predicted molar refractivity (Wildman–Crippen MR) is 98.5 cm³/mol. The van der Waals surface area contributed by atoms with Crippen molar-refractivity contribution in [3.8, 4) is 5.88 Å². The number of benzene rings is 1. The smallest absolute Gasteiger partial charge is 0.475 e. The van der Waals surface area contributed by atoms with E-state index in [1.54, 1.807) is 18.2 Å². The Kier molecular flexibility index (Phi) is 8.21. The summed E-state index contributed by atoms with van der Waals surface area (Å²) in [6.07, 6.45) is -2.91. The van der Waals surface area contributed by atoms with E-state index in [0.717, 1.165) is 31.6 Å². The molecule has 2 aromatic rings. The number of ether oxygens (including phenoxy) is 1. The third-order valence-corrected chi connectivity index (χ3v) is 4.37. The normalized spacial score (nSPS) is 14.7. The third kappa shape index (κ3) is 7.51. The fraction of sp³-hybridized carbons (Fsp3) is 0.368. The Morgan fingerprint density at radius 1 is 1.24 bits per heavy atom. The minimum absolute atomic E-state index is 0.145. The number of rotatable bonds is 4. The van der Waals surface area contributed by atoms with E-state index in [9.17, 15) is 17.6 Å². The summed E-state index contributed by atoms with van der Waals surface area (Å²) >= 11 is 5.74. The fourth-order valence-electron chi connectivity index (χ4n) is 2.65. The van der Waals surface area contributed by atoms with Crippen LogP contribution >= 0.6 is 11.6 Å². The molecule has 1 aliphatic rings. The standard InChI is InChI=1S/C17H18ClFN2O.C2HF3O2/c18-14-5-4-13(15(19)10-14)11-22-17-3-1-2-16(21-17)12-6-8-20-9-7-12;3-2(4,5)1(6)7/h1-5,10,12,20H,6-9,11H2;(H,6,7). The number of alkyl halides is 3. The maximum Gasteiger partial charge on any atom is 0.490 e. The number of aromatic nitrogens is 1. The van der Waals surface area contributed by atoms with Crippen LogP contribution in [0.15, 0.2) is 36.4 Å². The molecule has 1 aromatic carbocycles. The molecule has 0 spiro atoms. The lowest BCUT2D eigenvalue weighted by Crippen LogP contribution is -2.27. The Morgan fingerprint density at radius 3 is 2.48 bits per heavy atom. The lowest BCUT2D eigenvalue weighted by molar-refractivity contribution is -0.192. The van der Waals surface area contributed by atoms with E-state index in [1.165, 1.54) is 6.07 Å². The first-order valence-corrected chi connectivity index (χ1v) is 9.09. The lowest BCUT2D eigenvalue weighted by Gasteiger charge is -2.22. The molecule has 0 amide bonds. The van der Waals surface area contributed by atoms with E-state index in [1.807, 2.05) is 12.1 Å². The molecular weight excluding hydrogens is 416 g/mol. The number of hydrogen-bond donors (Lipinski definition) is 2. The molecule has 0 saturated carbocycles. The molecule has 0 aliphatic carbocycles. The molecule has 0 unspecified atom stereocenters. The van der Waals surface area contributed by atoms with Gasteiger partial charge < -0.3 is 15.2 Å². The molecule has 0 bridgehead atoms. The van der Waals surface area contributed by atoms with Gasteiger partial charge in [-0.15, -0.1) is 0 Å². The minimum Gasteiger partial charge on any atom is -0.475 e. The highest BCUT2D eigenvalue weighted by Crippen LogP contribution is 2.25. The molecule has 0 radical (unpaired) electrons. The van der Waals surface area contributed by atoms with Gasteiger partial charge in [-0.1, -0.05) is 23.7 Å². The quantitative estimate of drug-likeness (QED) is 0.691. The number of nitrogens with one attached hydrogen (secondary N) is 1. The third-order valence-electron chi connectivity index (χ3n) is 4.14. The van der Waals surface area contributed by atoms with Crippen LogP contribution in [0.4, 0.5) is 17.6 Å². The monoisotopic (exact) mass is 434 g/mol. The average molecular weight is 435 g/mol. The zero-order chi connectivity index (χ0) is 21.4. The van der Waals surface area contributed by atoms with Crippen LogP contribution in [0, 0.1) is 5.82 Å². The van der Waals surface area contributed by atoms with E-state index in [4.69, 9.17) is 26.2 Å². The second-order valence-electron chi connectivity index (χ2n) is 6.25. The molecule has 3 rings (SSSR count). The van der Waals surface area contributed by atoms with E-state index in [0.29, 0.717) is 22.4 Å². The first kappa shape index (κ1) is 22.9. The predicted octanol–water partition coefficient (Wildman–Crippen LogP) is 4.55. The van der Waals surface area contributed by atoms with Crippen molar-refractivity contribution in [1.82, 2.24) is 10.3 Å². The van der Waals surface area contributed by atoms with Crippen LogP contribution in [-0.4, -0.2) is 35.3 Å². The largest absolute Gasteiger partial charge is 0.490 e. The van der Waals surface area contributed by atoms with Gasteiger partial charge in [0.15, 0.2) is 0 Å². The molecule has 158 valence electrons. The van der Waals surface area contributed by atoms with Gasteiger partial charge in [-0.3, -0.25) is 0 Å². The van der Waals surface area contributed by atoms with Crippen molar-refractivity contribution in [3.63, 3.8) is 0 Å². The molecule has 1 fully saturated rings. The Morgan fingerprint density at radius 2 is 1.90 bits per heavy atom. The summed E-state index contributed by atoms with van der Waals surface area (Å²) in [5.74, 6) is -2.11. The van der Waals surface area contributed by atoms with Gasteiger partial charge in [0.1, 0.15) is 12.4 Å². The van der Waals surface area contributed by atoms with Gasteiger partial charge in [0, 0.05) is 28.3 Å². The number of nitrogens with zero attached hydrogens (tertiary/aromatic N) is 1. The number of pyridine rings is 1. The number of aliphatic carboxylic acids is 1. The summed E-state index contributed by atoms with van der Waals surface area (Å²) in [5.41, 5.74) is 1.52. The lowest BCUT2D eigenvalue weighted by atomic mass is 9.94. The summed E-state index contributed by atoms with van der Waals surface area (Å²) in [4.78, 5) is 13.5. The Hall–Kier alpha value is -2.39. The molecule has 2 N–H and O–H groups in total. The van der Waals surface area contributed by atoms with Gasteiger partial charge in [-0.25, -0.2) is 14.2 Å². The van der Waals surface area contributed by atoms with Gasteiger partial charge in [0.05, 0.1) is 0 Å². The maximum absolute atomic E-state index is 13.7. The zero-order valence-electron chi connectivity index (χ0n) is 15.2. The summed E-state index contributed by atoms with van der Waals surface area (Å²) in [6, 6.07) is 10.4. The Balaban J connectivity index is 0.000000370. The van der Waals surface area contributed by atoms with Crippen molar-refractivity contribution in [2.24, 2.45) is 0 Å². The Bertz CT molecular complexity index is 827. The van der Waals surface area contributed by atoms with Crippen molar-refractivity contribution in [3.05, 3.63) is 58.5 Å². The molecule has 1 saturated heterocycles. The first-order chi connectivity index (χ1) is 13.7. The second-order valence-corrected chi connectivity index (χ2v) is 6.69. The van der Waals surface area contributed by atoms with Gasteiger partial charge in [0.25, 0.3) is 0 Å². The number of carbonyl (C=O) groups is 1. The van der Waals surface area contributed by atoms with E-state index in [-0.39, 0.29) is 12.4 Å².